The first-order valence-electron chi connectivity index (χ1n) is 7.75. The van der Waals surface area contributed by atoms with Gasteiger partial charge in [-0.15, -0.1) is 0 Å². The standard InChI is InChI=1S/C17H22BrN3/c1-2-21(12-14-5-3-9-19-14)11-13-7-8-16(18)15-6-4-10-20-17(13)15/h4,6-8,10,14,19H,2-3,5,9,11-12H2,1H3. The molecule has 1 aliphatic rings. The molecule has 112 valence electrons. The van der Waals surface area contributed by atoms with Gasteiger partial charge in [0.1, 0.15) is 0 Å². The molecule has 1 unspecified atom stereocenters. The lowest BCUT2D eigenvalue weighted by Crippen LogP contribution is -2.37. The van der Waals surface area contributed by atoms with Crippen LogP contribution in [0.25, 0.3) is 10.9 Å². The minimum absolute atomic E-state index is 0.652. The van der Waals surface area contributed by atoms with E-state index in [1.54, 1.807) is 0 Å². The first-order chi connectivity index (χ1) is 10.3. The number of nitrogens with one attached hydrogen (secondary N) is 1. The van der Waals surface area contributed by atoms with Gasteiger partial charge in [0.25, 0.3) is 0 Å². The quantitative estimate of drug-likeness (QED) is 0.895. The van der Waals surface area contributed by atoms with Crippen LogP contribution in [0.1, 0.15) is 25.3 Å². The van der Waals surface area contributed by atoms with Crippen molar-refractivity contribution in [2.45, 2.75) is 32.4 Å². The SMILES string of the molecule is CCN(Cc1ccc(Br)c2cccnc12)CC1CCCN1. The summed E-state index contributed by atoms with van der Waals surface area (Å²) in [5, 5.41) is 4.79. The normalized spacial score (nSPS) is 18.7. The molecule has 21 heavy (non-hydrogen) atoms. The van der Waals surface area contributed by atoms with E-state index in [0.717, 1.165) is 29.6 Å². The summed E-state index contributed by atoms with van der Waals surface area (Å²) in [6, 6.07) is 9.12. The Kier molecular flexibility index (Phi) is 4.88. The second-order valence-electron chi connectivity index (χ2n) is 5.73. The number of aromatic nitrogens is 1. The van der Waals surface area contributed by atoms with Gasteiger partial charge >= 0.3 is 0 Å². The van der Waals surface area contributed by atoms with Crippen LogP contribution in [0.4, 0.5) is 0 Å². The molecular weight excluding hydrogens is 326 g/mol. The highest BCUT2D eigenvalue weighted by Gasteiger charge is 2.18. The summed E-state index contributed by atoms with van der Waals surface area (Å²) in [5.74, 6) is 0. The Morgan fingerprint density at radius 1 is 1.38 bits per heavy atom. The Morgan fingerprint density at radius 3 is 3.05 bits per heavy atom. The molecule has 1 atom stereocenters. The maximum Gasteiger partial charge on any atom is 0.0758 e. The van der Waals surface area contributed by atoms with Crippen molar-refractivity contribution in [2.24, 2.45) is 0 Å². The minimum Gasteiger partial charge on any atom is -0.313 e. The number of fused-ring (bicyclic) bond motifs is 1. The number of likely N-dealkylation sites (N-methyl/N-ethyl adjacent to an activating group) is 1. The van der Waals surface area contributed by atoms with E-state index in [-0.39, 0.29) is 0 Å². The summed E-state index contributed by atoms with van der Waals surface area (Å²) in [5.41, 5.74) is 2.43. The van der Waals surface area contributed by atoms with E-state index in [1.807, 2.05) is 12.3 Å². The van der Waals surface area contributed by atoms with Gasteiger partial charge in [-0.2, -0.15) is 0 Å². The fraction of sp³-hybridized carbons (Fsp3) is 0.471. The second kappa shape index (κ2) is 6.86. The number of halogens is 1. The zero-order valence-electron chi connectivity index (χ0n) is 12.5. The number of rotatable bonds is 5. The van der Waals surface area contributed by atoms with Crippen LogP contribution in [0.5, 0.6) is 0 Å². The Morgan fingerprint density at radius 2 is 2.29 bits per heavy atom. The molecule has 0 bridgehead atoms. The lowest BCUT2D eigenvalue weighted by molar-refractivity contribution is 0.254. The third kappa shape index (κ3) is 3.44. The van der Waals surface area contributed by atoms with Crippen LogP contribution in [0.2, 0.25) is 0 Å². The molecule has 3 nitrogen and oxygen atoms in total. The molecule has 0 saturated carbocycles. The van der Waals surface area contributed by atoms with Crippen LogP contribution in [0.15, 0.2) is 34.9 Å². The predicted molar refractivity (Wildman–Crippen MR) is 91.4 cm³/mol. The highest BCUT2D eigenvalue weighted by atomic mass is 79.9. The van der Waals surface area contributed by atoms with Crippen LogP contribution in [-0.2, 0) is 6.54 Å². The van der Waals surface area contributed by atoms with Gasteiger partial charge in [0, 0.05) is 35.2 Å². The van der Waals surface area contributed by atoms with Crippen LogP contribution in [-0.4, -0.2) is 35.6 Å². The summed E-state index contributed by atoms with van der Waals surface area (Å²) < 4.78 is 1.12. The molecule has 1 saturated heterocycles. The van der Waals surface area contributed by atoms with E-state index in [2.05, 4.69) is 56.3 Å². The Balaban J connectivity index is 1.81. The van der Waals surface area contributed by atoms with E-state index >= 15 is 0 Å². The summed E-state index contributed by atoms with van der Waals surface area (Å²) in [6.45, 7) is 6.58. The van der Waals surface area contributed by atoms with Crippen LogP contribution in [0.3, 0.4) is 0 Å². The van der Waals surface area contributed by atoms with Crippen molar-refractivity contribution in [3.05, 3.63) is 40.5 Å². The lowest BCUT2D eigenvalue weighted by Gasteiger charge is -2.24. The molecular formula is C17H22BrN3. The van der Waals surface area contributed by atoms with Crippen molar-refractivity contribution < 1.29 is 0 Å². The molecule has 2 aromatic rings. The number of nitrogens with zero attached hydrogens (tertiary/aromatic N) is 2. The van der Waals surface area contributed by atoms with E-state index in [4.69, 9.17) is 0 Å². The summed E-state index contributed by atoms with van der Waals surface area (Å²) >= 11 is 3.62. The van der Waals surface area contributed by atoms with Crippen molar-refractivity contribution >= 4 is 26.8 Å². The molecule has 1 N–H and O–H groups in total. The Labute approximate surface area is 134 Å². The van der Waals surface area contributed by atoms with Gasteiger partial charge in [-0.3, -0.25) is 9.88 Å². The smallest absolute Gasteiger partial charge is 0.0758 e. The monoisotopic (exact) mass is 347 g/mol. The number of benzene rings is 1. The molecule has 1 aromatic heterocycles. The minimum atomic E-state index is 0.652. The van der Waals surface area contributed by atoms with Crippen LogP contribution >= 0.6 is 15.9 Å². The van der Waals surface area contributed by atoms with Gasteiger partial charge in [0.2, 0.25) is 0 Å². The number of pyridine rings is 1. The summed E-state index contributed by atoms with van der Waals surface area (Å²) in [7, 11) is 0. The molecule has 0 aliphatic carbocycles. The average molecular weight is 348 g/mol. The average Bonchev–Trinajstić information content (AvgIpc) is 3.02. The topological polar surface area (TPSA) is 28.2 Å². The molecule has 0 radical (unpaired) electrons. The highest BCUT2D eigenvalue weighted by Crippen LogP contribution is 2.26. The van der Waals surface area contributed by atoms with Gasteiger partial charge in [-0.1, -0.05) is 35.0 Å². The van der Waals surface area contributed by atoms with Crippen molar-refractivity contribution in [3.63, 3.8) is 0 Å². The lowest BCUT2D eigenvalue weighted by atomic mass is 10.1. The van der Waals surface area contributed by atoms with E-state index in [1.165, 1.54) is 30.3 Å². The fourth-order valence-electron chi connectivity index (χ4n) is 3.09. The molecule has 1 aliphatic heterocycles. The number of hydrogen-bond acceptors (Lipinski definition) is 3. The second-order valence-corrected chi connectivity index (χ2v) is 6.58. The summed E-state index contributed by atoms with van der Waals surface area (Å²) in [4.78, 5) is 7.10. The van der Waals surface area contributed by atoms with Gasteiger partial charge < -0.3 is 5.32 Å². The van der Waals surface area contributed by atoms with E-state index < -0.39 is 0 Å². The molecule has 2 heterocycles. The van der Waals surface area contributed by atoms with E-state index in [9.17, 15) is 0 Å². The third-order valence-electron chi connectivity index (χ3n) is 4.28. The third-order valence-corrected chi connectivity index (χ3v) is 4.97. The van der Waals surface area contributed by atoms with Gasteiger partial charge in [0.15, 0.2) is 0 Å². The van der Waals surface area contributed by atoms with Crippen molar-refractivity contribution in [1.29, 1.82) is 0 Å². The maximum atomic E-state index is 4.59. The zero-order valence-corrected chi connectivity index (χ0v) is 14.1. The molecule has 1 fully saturated rings. The van der Waals surface area contributed by atoms with Crippen LogP contribution < -0.4 is 5.32 Å². The Bertz CT molecular complexity index is 608. The first kappa shape index (κ1) is 14.9. The summed E-state index contributed by atoms with van der Waals surface area (Å²) in [6.07, 6.45) is 4.49. The number of hydrogen-bond donors (Lipinski definition) is 1. The Hall–Kier alpha value is -0.970. The zero-order chi connectivity index (χ0) is 14.7. The largest absolute Gasteiger partial charge is 0.313 e. The van der Waals surface area contributed by atoms with E-state index in [0.29, 0.717) is 6.04 Å². The molecule has 0 spiro atoms. The highest BCUT2D eigenvalue weighted by molar-refractivity contribution is 9.10. The van der Waals surface area contributed by atoms with Gasteiger partial charge in [0.05, 0.1) is 5.52 Å². The molecule has 3 rings (SSSR count). The van der Waals surface area contributed by atoms with Crippen molar-refractivity contribution in [1.82, 2.24) is 15.2 Å². The molecule has 0 amide bonds. The van der Waals surface area contributed by atoms with Crippen molar-refractivity contribution in [2.75, 3.05) is 19.6 Å². The molecule has 1 aromatic carbocycles. The van der Waals surface area contributed by atoms with Gasteiger partial charge in [-0.05, 0) is 43.6 Å². The predicted octanol–water partition coefficient (Wildman–Crippen LogP) is 3.57. The van der Waals surface area contributed by atoms with Gasteiger partial charge in [-0.25, -0.2) is 0 Å². The van der Waals surface area contributed by atoms with Crippen LogP contribution in [0, 0.1) is 0 Å². The van der Waals surface area contributed by atoms with Crippen molar-refractivity contribution in [3.8, 4) is 0 Å². The first-order valence-corrected chi connectivity index (χ1v) is 8.55. The fourth-order valence-corrected chi connectivity index (χ4v) is 3.55. The maximum absolute atomic E-state index is 4.59. The molecule has 4 heteroatoms.